The summed E-state index contributed by atoms with van der Waals surface area (Å²) >= 11 is 0. The fourth-order valence-corrected chi connectivity index (χ4v) is 2.71. The number of anilines is 1. The first-order valence-electron chi connectivity index (χ1n) is 9.05. The topological polar surface area (TPSA) is 53.0 Å². The second kappa shape index (κ2) is 10.4. The predicted molar refractivity (Wildman–Crippen MR) is 108 cm³/mol. The third-order valence-corrected chi connectivity index (χ3v) is 3.96. The molecule has 1 heterocycles. The van der Waals surface area contributed by atoms with E-state index in [0.29, 0.717) is 13.1 Å². The highest BCUT2D eigenvalue weighted by Crippen LogP contribution is 2.17. The second-order valence-electron chi connectivity index (χ2n) is 6.43. The molecule has 0 aliphatic heterocycles. The van der Waals surface area contributed by atoms with E-state index in [9.17, 15) is 8.78 Å². The number of rotatable bonds is 8. The molecular weight excluding hydrogens is 364 g/mol. The lowest BCUT2D eigenvalue weighted by Crippen LogP contribution is -2.38. The van der Waals surface area contributed by atoms with Gasteiger partial charge in [0.15, 0.2) is 5.96 Å². The van der Waals surface area contributed by atoms with Gasteiger partial charge in [-0.05, 0) is 30.7 Å². The number of halogens is 2. The normalized spacial score (nSPS) is 11.5. The van der Waals surface area contributed by atoms with Gasteiger partial charge in [0.25, 0.3) is 0 Å². The number of pyridine rings is 1. The molecule has 6 nitrogen and oxygen atoms in total. The number of guanidine groups is 1. The molecule has 8 heteroatoms. The Morgan fingerprint density at radius 2 is 1.89 bits per heavy atom. The maximum absolute atomic E-state index is 12.3. The first kappa shape index (κ1) is 21.4. The minimum atomic E-state index is -2.82. The lowest BCUT2D eigenvalue weighted by atomic mass is 10.2. The number of hydrogen-bond donors (Lipinski definition) is 1. The molecule has 0 bridgehead atoms. The molecule has 28 heavy (non-hydrogen) atoms. The van der Waals surface area contributed by atoms with E-state index in [0.717, 1.165) is 29.4 Å². The molecule has 2 rings (SSSR count). The van der Waals surface area contributed by atoms with Crippen molar-refractivity contribution in [2.75, 3.05) is 32.6 Å². The van der Waals surface area contributed by atoms with Crippen LogP contribution in [0.15, 0.2) is 47.6 Å². The van der Waals surface area contributed by atoms with Crippen LogP contribution >= 0.6 is 0 Å². The van der Waals surface area contributed by atoms with Gasteiger partial charge in [-0.3, -0.25) is 0 Å². The number of benzene rings is 1. The van der Waals surface area contributed by atoms with Gasteiger partial charge in [-0.25, -0.2) is 9.98 Å². The number of ether oxygens (including phenoxy) is 1. The molecule has 1 aromatic carbocycles. The molecule has 0 atom stereocenters. The standard InChI is InChI=1S/C20H27F2N5O/c1-5-23-20(25-13-16-7-6-12-24-18(16)26(2)3)27(4)14-15-8-10-17(11-9-15)28-19(21)22/h6-12,19H,5,13-14H2,1-4H3,(H,23,25). The number of nitrogens with one attached hydrogen (secondary N) is 1. The van der Waals surface area contributed by atoms with Crippen molar-refractivity contribution in [3.63, 3.8) is 0 Å². The second-order valence-corrected chi connectivity index (χ2v) is 6.43. The number of nitrogens with zero attached hydrogens (tertiary/aromatic N) is 4. The van der Waals surface area contributed by atoms with Crippen molar-refractivity contribution in [1.82, 2.24) is 15.2 Å². The van der Waals surface area contributed by atoms with Crippen LogP contribution < -0.4 is 15.0 Å². The van der Waals surface area contributed by atoms with E-state index in [-0.39, 0.29) is 5.75 Å². The summed E-state index contributed by atoms with van der Waals surface area (Å²) in [7, 11) is 5.84. The van der Waals surface area contributed by atoms with Crippen LogP contribution in [-0.2, 0) is 13.1 Å². The number of hydrogen-bond acceptors (Lipinski definition) is 4. The minimum absolute atomic E-state index is 0.148. The molecule has 1 N–H and O–H groups in total. The summed E-state index contributed by atoms with van der Waals surface area (Å²) < 4.78 is 28.9. The average Bonchev–Trinajstić information content (AvgIpc) is 2.66. The van der Waals surface area contributed by atoms with Gasteiger partial charge in [0.1, 0.15) is 11.6 Å². The van der Waals surface area contributed by atoms with Crippen LogP contribution in [0.5, 0.6) is 5.75 Å². The van der Waals surface area contributed by atoms with Crippen molar-refractivity contribution in [2.45, 2.75) is 26.6 Å². The molecule has 0 aliphatic rings. The minimum Gasteiger partial charge on any atom is -0.435 e. The first-order valence-corrected chi connectivity index (χ1v) is 9.05. The number of aromatic nitrogens is 1. The Bertz CT molecular complexity index is 765. The van der Waals surface area contributed by atoms with Crippen molar-refractivity contribution >= 4 is 11.8 Å². The van der Waals surface area contributed by atoms with Gasteiger partial charge in [-0.1, -0.05) is 18.2 Å². The van der Waals surface area contributed by atoms with Crippen molar-refractivity contribution in [3.05, 3.63) is 53.7 Å². The van der Waals surface area contributed by atoms with Crippen LogP contribution in [0.25, 0.3) is 0 Å². The summed E-state index contributed by atoms with van der Waals surface area (Å²) in [5.41, 5.74) is 2.00. The highest BCUT2D eigenvalue weighted by Gasteiger charge is 2.10. The van der Waals surface area contributed by atoms with Gasteiger partial charge >= 0.3 is 6.61 Å². The van der Waals surface area contributed by atoms with E-state index in [4.69, 9.17) is 4.99 Å². The van der Waals surface area contributed by atoms with E-state index in [1.54, 1.807) is 30.5 Å². The van der Waals surface area contributed by atoms with E-state index in [2.05, 4.69) is 15.0 Å². The molecule has 2 aromatic rings. The zero-order valence-corrected chi connectivity index (χ0v) is 16.7. The molecule has 0 spiro atoms. The van der Waals surface area contributed by atoms with Crippen LogP contribution in [0, 0.1) is 0 Å². The summed E-state index contributed by atoms with van der Waals surface area (Å²) in [6.45, 7) is 0.997. The number of alkyl halides is 2. The molecule has 152 valence electrons. The summed E-state index contributed by atoms with van der Waals surface area (Å²) in [4.78, 5) is 13.1. The Hall–Kier alpha value is -2.90. The van der Waals surface area contributed by atoms with Crippen molar-refractivity contribution < 1.29 is 13.5 Å². The van der Waals surface area contributed by atoms with Crippen LogP contribution in [0.3, 0.4) is 0 Å². The van der Waals surface area contributed by atoms with Crippen molar-refractivity contribution in [1.29, 1.82) is 0 Å². The molecule has 0 unspecified atom stereocenters. The van der Waals surface area contributed by atoms with Gasteiger partial charge < -0.3 is 19.9 Å². The van der Waals surface area contributed by atoms with E-state index in [1.807, 2.05) is 50.0 Å². The Morgan fingerprint density at radius 1 is 1.18 bits per heavy atom. The Labute approximate surface area is 164 Å². The molecular formula is C20H27F2N5O. The van der Waals surface area contributed by atoms with Crippen LogP contribution in [0.1, 0.15) is 18.1 Å². The molecule has 0 saturated carbocycles. The SMILES string of the molecule is CCNC(=NCc1cccnc1N(C)C)N(C)Cc1ccc(OC(F)F)cc1. The third-order valence-electron chi connectivity index (χ3n) is 3.96. The number of aliphatic imine (C=N–C) groups is 1. The lowest BCUT2D eigenvalue weighted by molar-refractivity contribution is -0.0498. The summed E-state index contributed by atoms with van der Waals surface area (Å²) in [5, 5.41) is 3.28. The maximum atomic E-state index is 12.3. The van der Waals surface area contributed by atoms with E-state index >= 15 is 0 Å². The van der Waals surface area contributed by atoms with E-state index in [1.165, 1.54) is 0 Å². The fourth-order valence-electron chi connectivity index (χ4n) is 2.71. The van der Waals surface area contributed by atoms with Gasteiger partial charge in [0, 0.05) is 46.0 Å². The lowest BCUT2D eigenvalue weighted by Gasteiger charge is -2.23. The molecule has 1 aromatic heterocycles. The van der Waals surface area contributed by atoms with Crippen LogP contribution in [0.2, 0.25) is 0 Å². The maximum Gasteiger partial charge on any atom is 0.387 e. The Balaban J connectivity index is 2.09. The molecule has 0 amide bonds. The highest BCUT2D eigenvalue weighted by atomic mass is 19.3. The monoisotopic (exact) mass is 391 g/mol. The highest BCUT2D eigenvalue weighted by molar-refractivity contribution is 5.79. The predicted octanol–water partition coefficient (Wildman–Crippen LogP) is 3.35. The third kappa shape index (κ3) is 6.37. The average molecular weight is 391 g/mol. The summed E-state index contributed by atoms with van der Waals surface area (Å²) in [6.07, 6.45) is 1.77. The fraction of sp³-hybridized carbons (Fsp3) is 0.400. The summed E-state index contributed by atoms with van der Waals surface area (Å²) in [6, 6.07) is 10.5. The Kier molecular flexibility index (Phi) is 7.98. The van der Waals surface area contributed by atoms with Crippen molar-refractivity contribution in [3.8, 4) is 5.75 Å². The largest absolute Gasteiger partial charge is 0.435 e. The molecule has 0 fully saturated rings. The Morgan fingerprint density at radius 3 is 2.50 bits per heavy atom. The van der Waals surface area contributed by atoms with Crippen molar-refractivity contribution in [2.24, 2.45) is 4.99 Å². The van der Waals surface area contributed by atoms with E-state index < -0.39 is 6.61 Å². The zero-order valence-electron chi connectivity index (χ0n) is 16.7. The quantitative estimate of drug-likeness (QED) is 0.553. The van der Waals surface area contributed by atoms with Gasteiger partial charge in [-0.15, -0.1) is 0 Å². The molecule has 0 radical (unpaired) electrons. The van der Waals surface area contributed by atoms with Gasteiger partial charge in [0.05, 0.1) is 6.54 Å². The smallest absolute Gasteiger partial charge is 0.387 e. The van der Waals surface area contributed by atoms with Gasteiger partial charge in [-0.2, -0.15) is 8.78 Å². The molecule has 0 aliphatic carbocycles. The van der Waals surface area contributed by atoms with Crippen LogP contribution in [0.4, 0.5) is 14.6 Å². The van der Waals surface area contributed by atoms with Crippen LogP contribution in [-0.4, -0.2) is 50.1 Å². The summed E-state index contributed by atoms with van der Waals surface area (Å²) in [5.74, 6) is 1.79. The zero-order chi connectivity index (χ0) is 20.5. The molecule has 0 saturated heterocycles. The van der Waals surface area contributed by atoms with Gasteiger partial charge in [0.2, 0.25) is 0 Å². The first-order chi connectivity index (χ1) is 13.4.